The number of rotatable bonds is 72. The SMILES string of the molecule is CCCCCCCCCCCCC(N)=O.CCCCCCCCCCCCC(N)=O.CCCCCCCCCCCCC(N)=O.CCCCCCCCCCCCC(N)=O.CCCCCCCCCCCCC(N)=O.CCCCCCCCCCCCC(N)=O.O=C(O)C1(C(=O)O)CCCC(C(=O)O)(C(=O)O)C1(C(=O)O)C(=O)O. The minimum Gasteiger partial charge on any atom is -0.480 e. The third kappa shape index (κ3) is 71.0. The van der Waals surface area contributed by atoms with E-state index in [1.54, 1.807) is 0 Å². The van der Waals surface area contributed by atoms with Crippen molar-refractivity contribution in [3.05, 3.63) is 0 Å². The number of carboxylic acids is 6. The third-order valence-corrected chi connectivity index (χ3v) is 21.1. The topological polar surface area (TPSA) is 482 Å². The van der Waals surface area contributed by atoms with E-state index in [0.717, 1.165) is 77.0 Å². The van der Waals surface area contributed by atoms with Crippen molar-refractivity contribution in [1.82, 2.24) is 0 Å². The fourth-order valence-corrected chi connectivity index (χ4v) is 14.2. The van der Waals surface area contributed by atoms with Gasteiger partial charge in [-0.3, -0.25) is 57.5 Å². The van der Waals surface area contributed by atoms with Crippen LogP contribution in [0.2, 0.25) is 0 Å². The second-order valence-corrected chi connectivity index (χ2v) is 31.6. The van der Waals surface area contributed by atoms with Crippen LogP contribution in [0, 0.1) is 16.2 Å². The Morgan fingerprint density at radius 2 is 0.289 bits per heavy atom. The fraction of sp³-hybridized carbons (Fsp3) is 0.867. The van der Waals surface area contributed by atoms with Crippen LogP contribution in [0.5, 0.6) is 0 Å². The summed E-state index contributed by atoms with van der Waals surface area (Å²) >= 11 is 0. The Hall–Kier alpha value is -6.36. The molecule has 24 nitrogen and oxygen atoms in total. The van der Waals surface area contributed by atoms with Gasteiger partial charge in [0.2, 0.25) is 40.9 Å². The number of carboxylic acid groups (broad SMARTS) is 6. The van der Waals surface area contributed by atoms with Crippen LogP contribution in [0.4, 0.5) is 0 Å². The van der Waals surface area contributed by atoms with Crippen LogP contribution in [0.1, 0.15) is 485 Å². The number of hydrogen-bond donors (Lipinski definition) is 12. The van der Waals surface area contributed by atoms with Gasteiger partial charge in [0.05, 0.1) is 0 Å². The van der Waals surface area contributed by atoms with Gasteiger partial charge >= 0.3 is 35.8 Å². The lowest BCUT2D eigenvalue weighted by molar-refractivity contribution is -0.225. The summed E-state index contributed by atoms with van der Waals surface area (Å²) in [5.74, 6) is -16.1. The summed E-state index contributed by atoms with van der Waals surface area (Å²) in [5.41, 5.74) is 18.8. The minimum atomic E-state index is -4.17. The van der Waals surface area contributed by atoms with Crippen LogP contribution in [0.25, 0.3) is 0 Å². The van der Waals surface area contributed by atoms with E-state index in [4.69, 9.17) is 34.4 Å². The van der Waals surface area contributed by atoms with Crippen molar-refractivity contribution in [2.45, 2.75) is 485 Å². The largest absolute Gasteiger partial charge is 0.480 e. The molecule has 0 saturated heterocycles. The van der Waals surface area contributed by atoms with E-state index in [-0.39, 0.29) is 35.4 Å². The fourth-order valence-electron chi connectivity index (χ4n) is 14.2. The van der Waals surface area contributed by atoms with Gasteiger partial charge in [-0.2, -0.15) is 0 Å². The first-order valence-corrected chi connectivity index (χ1v) is 45.6. The Kier molecular flexibility index (Phi) is 90.9. The number of hydrogen-bond acceptors (Lipinski definition) is 12. The zero-order valence-corrected chi connectivity index (χ0v) is 73.3. The molecule has 114 heavy (non-hydrogen) atoms. The molecule has 24 heteroatoms. The standard InChI is InChI=1S/6C13H27NO.C12H12O12/c6*1-2-3-4-5-6-7-8-9-10-11-12-13(14)15;13-4(14)10(5(15)16)2-1-3-11(6(17)18,7(19)20)12(10,8(21)22)9(23)24/h6*2-12H2,1H3,(H2,14,15);1-3H2,(H,13,14)(H,15,16)(H,17,18)(H,19,20)(H,21,22)(H,23,24). The lowest BCUT2D eigenvalue weighted by Crippen LogP contribution is -2.74. The molecule has 0 heterocycles. The zero-order valence-electron chi connectivity index (χ0n) is 73.3. The number of carbonyl (C=O) groups excluding carboxylic acids is 6. The molecule has 18 N–H and O–H groups in total. The van der Waals surface area contributed by atoms with Gasteiger partial charge in [-0.15, -0.1) is 0 Å². The van der Waals surface area contributed by atoms with E-state index in [0.29, 0.717) is 38.5 Å². The highest BCUT2D eigenvalue weighted by Crippen LogP contribution is 2.61. The molecule has 1 saturated carbocycles. The molecule has 1 rings (SSSR count). The van der Waals surface area contributed by atoms with Crippen molar-refractivity contribution in [2.75, 3.05) is 0 Å². The predicted octanol–water partition coefficient (Wildman–Crippen LogP) is 21.3. The van der Waals surface area contributed by atoms with Crippen LogP contribution in [0.15, 0.2) is 0 Å². The third-order valence-electron chi connectivity index (χ3n) is 21.1. The van der Waals surface area contributed by atoms with Crippen molar-refractivity contribution in [3.63, 3.8) is 0 Å². The van der Waals surface area contributed by atoms with Gasteiger partial charge in [0.1, 0.15) is 0 Å². The summed E-state index contributed by atoms with van der Waals surface area (Å²) < 4.78 is 0. The average Bonchev–Trinajstić information content (AvgIpc) is 0.679. The zero-order chi connectivity index (χ0) is 87.2. The summed E-state index contributed by atoms with van der Waals surface area (Å²) in [6, 6.07) is 0. The Bertz CT molecular complexity index is 2030. The second-order valence-electron chi connectivity index (χ2n) is 31.6. The van der Waals surface area contributed by atoms with Gasteiger partial charge in [-0.05, 0) is 57.8 Å². The van der Waals surface area contributed by atoms with Crippen molar-refractivity contribution in [1.29, 1.82) is 0 Å². The van der Waals surface area contributed by atoms with E-state index in [2.05, 4.69) is 41.5 Å². The van der Waals surface area contributed by atoms with Gasteiger partial charge in [0, 0.05) is 38.5 Å². The minimum absolute atomic E-state index is 0.158. The Balaban J connectivity index is -0.000000301. The number of unbranched alkanes of at least 4 members (excludes halogenated alkanes) is 54. The molecule has 0 spiro atoms. The van der Waals surface area contributed by atoms with Gasteiger partial charge in [0.25, 0.3) is 0 Å². The molecule has 0 radical (unpaired) electrons. The molecule has 0 aromatic heterocycles. The molecular weight excluding hydrogens is 1450 g/mol. The normalized spacial score (nSPS) is 12.6. The highest BCUT2D eigenvalue weighted by molar-refractivity contribution is 6.20. The van der Waals surface area contributed by atoms with Crippen LogP contribution >= 0.6 is 0 Å². The van der Waals surface area contributed by atoms with E-state index in [1.165, 1.54) is 308 Å². The molecular formula is C90H174N6O18. The summed E-state index contributed by atoms with van der Waals surface area (Å²) in [7, 11) is 0. The molecule has 1 fully saturated rings. The van der Waals surface area contributed by atoms with Crippen molar-refractivity contribution < 1.29 is 88.2 Å². The summed E-state index contributed by atoms with van der Waals surface area (Å²) in [5, 5.41) is 56.0. The number of amides is 6. The molecule has 1 aliphatic rings. The number of aliphatic carboxylic acids is 6. The Morgan fingerprint density at radius 3 is 0.377 bits per heavy atom. The van der Waals surface area contributed by atoms with Crippen LogP contribution in [-0.2, 0) is 57.5 Å². The molecule has 0 atom stereocenters. The van der Waals surface area contributed by atoms with Gasteiger partial charge < -0.3 is 65.0 Å². The van der Waals surface area contributed by atoms with Crippen molar-refractivity contribution >= 4 is 71.3 Å². The van der Waals surface area contributed by atoms with Crippen LogP contribution < -0.4 is 34.4 Å². The predicted molar refractivity (Wildman–Crippen MR) is 461 cm³/mol. The molecule has 0 aliphatic heterocycles. The van der Waals surface area contributed by atoms with Crippen LogP contribution in [-0.4, -0.2) is 102 Å². The monoisotopic (exact) mass is 1630 g/mol. The summed E-state index contributed by atoms with van der Waals surface area (Å²) in [6.45, 7) is 13.5. The first-order valence-electron chi connectivity index (χ1n) is 45.6. The Labute approximate surface area is 691 Å². The molecule has 0 bridgehead atoms. The van der Waals surface area contributed by atoms with Gasteiger partial charge in [0.15, 0.2) is 10.8 Å². The van der Waals surface area contributed by atoms with Crippen LogP contribution in [0.3, 0.4) is 0 Å². The van der Waals surface area contributed by atoms with Crippen molar-refractivity contribution in [3.8, 4) is 0 Å². The van der Waals surface area contributed by atoms with E-state index >= 15 is 0 Å². The number of carbonyl (C=O) groups is 12. The molecule has 6 amide bonds. The second kappa shape index (κ2) is 87.5. The first-order chi connectivity index (χ1) is 54.5. The maximum absolute atomic E-state index is 11.7. The highest BCUT2D eigenvalue weighted by atomic mass is 16.4. The first kappa shape index (κ1) is 118. The van der Waals surface area contributed by atoms with E-state index < -0.39 is 71.3 Å². The quantitative estimate of drug-likeness (QED) is 0.0199. The lowest BCUT2D eigenvalue weighted by Gasteiger charge is -2.50. The van der Waals surface area contributed by atoms with Gasteiger partial charge in [-0.1, -0.05) is 388 Å². The van der Waals surface area contributed by atoms with Gasteiger partial charge in [-0.25, -0.2) is 0 Å². The Morgan fingerprint density at radius 1 is 0.184 bits per heavy atom. The number of nitrogens with two attached hydrogens (primary N) is 6. The summed E-state index contributed by atoms with van der Waals surface area (Å²) in [4.78, 5) is 133. The van der Waals surface area contributed by atoms with E-state index in [1.807, 2.05) is 0 Å². The lowest BCUT2D eigenvalue weighted by atomic mass is 9.44. The molecule has 1 aliphatic carbocycles. The maximum Gasteiger partial charge on any atom is 0.324 e. The van der Waals surface area contributed by atoms with E-state index in [9.17, 15) is 88.2 Å². The van der Waals surface area contributed by atoms with Crippen molar-refractivity contribution in [2.24, 2.45) is 50.6 Å². The molecule has 0 unspecified atom stereocenters. The maximum atomic E-state index is 11.7. The molecule has 0 aromatic carbocycles. The summed E-state index contributed by atoms with van der Waals surface area (Å²) in [6.07, 6.45) is 78.6. The smallest absolute Gasteiger partial charge is 0.324 e. The average molecular weight is 1630 g/mol. The molecule has 0 aromatic rings. The number of primary amides is 6. The highest BCUT2D eigenvalue weighted by Gasteiger charge is 2.85. The molecule has 672 valence electrons.